The number of halogens is 1. The standard InChI is InChI=1S/C18H17ClN2/c1-11-6-4-7-14-17(10-12(2)20-18(11)14)21-16-9-5-8-15(19)13(16)3/h4-10H,1-3H3,(H,20,21). The minimum Gasteiger partial charge on any atom is -0.355 e. The summed E-state index contributed by atoms with van der Waals surface area (Å²) >= 11 is 6.20. The van der Waals surface area contributed by atoms with Gasteiger partial charge in [0.2, 0.25) is 0 Å². The Kier molecular flexibility index (Phi) is 3.56. The fourth-order valence-corrected chi connectivity index (χ4v) is 2.69. The zero-order valence-electron chi connectivity index (χ0n) is 12.4. The van der Waals surface area contributed by atoms with Crippen LogP contribution < -0.4 is 5.32 Å². The molecule has 0 saturated heterocycles. The van der Waals surface area contributed by atoms with Crippen molar-refractivity contribution in [2.75, 3.05) is 5.32 Å². The molecule has 2 aromatic carbocycles. The van der Waals surface area contributed by atoms with E-state index in [0.29, 0.717) is 0 Å². The minimum absolute atomic E-state index is 0.770. The summed E-state index contributed by atoms with van der Waals surface area (Å²) in [6.45, 7) is 6.12. The molecule has 0 aliphatic rings. The molecule has 21 heavy (non-hydrogen) atoms. The van der Waals surface area contributed by atoms with Gasteiger partial charge in [0, 0.05) is 27.5 Å². The summed E-state index contributed by atoms with van der Waals surface area (Å²) in [4.78, 5) is 4.65. The third-order valence-electron chi connectivity index (χ3n) is 3.71. The lowest BCUT2D eigenvalue weighted by atomic mass is 10.1. The van der Waals surface area contributed by atoms with Gasteiger partial charge in [-0.1, -0.05) is 35.9 Å². The predicted molar refractivity (Wildman–Crippen MR) is 90.7 cm³/mol. The zero-order chi connectivity index (χ0) is 15.0. The molecule has 1 aromatic heterocycles. The molecule has 0 saturated carbocycles. The van der Waals surface area contributed by atoms with Gasteiger partial charge in [-0.15, -0.1) is 0 Å². The first kappa shape index (κ1) is 13.9. The van der Waals surface area contributed by atoms with Crippen LogP contribution in [0.15, 0.2) is 42.5 Å². The Morgan fingerprint density at radius 2 is 1.71 bits per heavy atom. The van der Waals surface area contributed by atoms with Gasteiger partial charge in [0.05, 0.1) is 5.52 Å². The lowest BCUT2D eigenvalue weighted by Crippen LogP contribution is -1.97. The molecule has 0 bridgehead atoms. The maximum Gasteiger partial charge on any atom is 0.0755 e. The summed E-state index contributed by atoms with van der Waals surface area (Å²) in [6.07, 6.45) is 0. The second-order valence-electron chi connectivity index (χ2n) is 5.32. The second kappa shape index (κ2) is 5.38. The molecule has 3 heteroatoms. The number of pyridine rings is 1. The van der Waals surface area contributed by atoms with E-state index in [2.05, 4.69) is 41.5 Å². The van der Waals surface area contributed by atoms with Crippen molar-refractivity contribution in [3.63, 3.8) is 0 Å². The van der Waals surface area contributed by atoms with E-state index in [1.54, 1.807) is 0 Å². The molecule has 3 aromatic rings. The Balaban J connectivity index is 2.17. The average Bonchev–Trinajstić information content (AvgIpc) is 2.45. The molecule has 0 amide bonds. The fraction of sp³-hybridized carbons (Fsp3) is 0.167. The van der Waals surface area contributed by atoms with Crippen LogP contribution in [-0.4, -0.2) is 4.98 Å². The van der Waals surface area contributed by atoms with Gasteiger partial charge in [-0.25, -0.2) is 0 Å². The SMILES string of the molecule is Cc1cc(Nc2cccc(Cl)c2C)c2cccc(C)c2n1. The summed E-state index contributed by atoms with van der Waals surface area (Å²) < 4.78 is 0. The van der Waals surface area contributed by atoms with Crippen LogP contribution in [0, 0.1) is 20.8 Å². The summed E-state index contributed by atoms with van der Waals surface area (Å²) in [7, 11) is 0. The highest BCUT2D eigenvalue weighted by Gasteiger charge is 2.08. The van der Waals surface area contributed by atoms with Crippen LogP contribution in [0.2, 0.25) is 5.02 Å². The Bertz CT molecular complexity index is 825. The van der Waals surface area contributed by atoms with Crippen molar-refractivity contribution in [2.45, 2.75) is 20.8 Å². The number of anilines is 2. The molecule has 0 aliphatic carbocycles. The predicted octanol–water partition coefficient (Wildman–Crippen LogP) is 5.56. The largest absolute Gasteiger partial charge is 0.355 e. The monoisotopic (exact) mass is 296 g/mol. The van der Waals surface area contributed by atoms with Crippen LogP contribution in [0.25, 0.3) is 10.9 Å². The van der Waals surface area contributed by atoms with Gasteiger partial charge in [0.25, 0.3) is 0 Å². The van der Waals surface area contributed by atoms with Crippen LogP contribution in [0.1, 0.15) is 16.8 Å². The van der Waals surface area contributed by atoms with Gasteiger partial charge in [0.1, 0.15) is 0 Å². The Labute approximate surface area is 129 Å². The topological polar surface area (TPSA) is 24.9 Å². The molecule has 106 valence electrons. The molecule has 0 radical (unpaired) electrons. The molecule has 0 spiro atoms. The number of hydrogen-bond acceptors (Lipinski definition) is 2. The van der Waals surface area contributed by atoms with Gasteiger partial charge in [-0.2, -0.15) is 0 Å². The van der Waals surface area contributed by atoms with Crippen LogP contribution in [0.4, 0.5) is 11.4 Å². The third kappa shape index (κ3) is 2.59. The van der Waals surface area contributed by atoms with E-state index in [-0.39, 0.29) is 0 Å². The number of nitrogens with one attached hydrogen (secondary N) is 1. The molecule has 1 heterocycles. The Morgan fingerprint density at radius 3 is 2.52 bits per heavy atom. The van der Waals surface area contributed by atoms with Crippen LogP contribution in [0.3, 0.4) is 0 Å². The lowest BCUT2D eigenvalue weighted by Gasteiger charge is -2.14. The van der Waals surface area contributed by atoms with Crippen LogP contribution >= 0.6 is 11.6 Å². The van der Waals surface area contributed by atoms with E-state index in [0.717, 1.165) is 38.6 Å². The summed E-state index contributed by atoms with van der Waals surface area (Å²) in [5.74, 6) is 0. The Morgan fingerprint density at radius 1 is 0.952 bits per heavy atom. The minimum atomic E-state index is 0.770. The molecular weight excluding hydrogens is 280 g/mol. The molecule has 0 fully saturated rings. The average molecular weight is 297 g/mol. The molecule has 0 aliphatic heterocycles. The van der Waals surface area contributed by atoms with E-state index in [1.165, 1.54) is 5.56 Å². The highest BCUT2D eigenvalue weighted by atomic mass is 35.5. The number of aryl methyl sites for hydroxylation is 2. The highest BCUT2D eigenvalue weighted by Crippen LogP contribution is 2.31. The lowest BCUT2D eigenvalue weighted by molar-refractivity contribution is 1.24. The van der Waals surface area contributed by atoms with Crippen LogP contribution in [0.5, 0.6) is 0 Å². The first-order valence-electron chi connectivity index (χ1n) is 6.95. The van der Waals surface area contributed by atoms with E-state index in [4.69, 9.17) is 11.6 Å². The van der Waals surface area contributed by atoms with E-state index in [1.807, 2.05) is 32.0 Å². The number of fused-ring (bicyclic) bond motifs is 1. The number of para-hydroxylation sites is 1. The zero-order valence-corrected chi connectivity index (χ0v) is 13.1. The summed E-state index contributed by atoms with van der Waals surface area (Å²) in [5.41, 5.74) is 6.36. The van der Waals surface area contributed by atoms with Crippen molar-refractivity contribution < 1.29 is 0 Å². The normalized spacial score (nSPS) is 10.9. The Hall–Kier alpha value is -2.06. The van der Waals surface area contributed by atoms with Gasteiger partial charge < -0.3 is 5.32 Å². The first-order chi connectivity index (χ1) is 10.1. The smallest absolute Gasteiger partial charge is 0.0755 e. The molecule has 1 N–H and O–H groups in total. The quantitative estimate of drug-likeness (QED) is 0.670. The van der Waals surface area contributed by atoms with E-state index >= 15 is 0 Å². The third-order valence-corrected chi connectivity index (χ3v) is 4.12. The number of aromatic nitrogens is 1. The van der Waals surface area contributed by atoms with Crippen molar-refractivity contribution >= 4 is 33.9 Å². The number of benzene rings is 2. The molecular formula is C18H17ClN2. The number of rotatable bonds is 2. The van der Waals surface area contributed by atoms with Crippen molar-refractivity contribution in [1.29, 1.82) is 0 Å². The summed E-state index contributed by atoms with van der Waals surface area (Å²) in [5, 5.41) is 5.39. The van der Waals surface area contributed by atoms with Gasteiger partial charge in [-0.3, -0.25) is 4.98 Å². The van der Waals surface area contributed by atoms with Gasteiger partial charge in [0.15, 0.2) is 0 Å². The maximum atomic E-state index is 6.20. The van der Waals surface area contributed by atoms with E-state index < -0.39 is 0 Å². The van der Waals surface area contributed by atoms with Gasteiger partial charge in [-0.05, 0) is 50.1 Å². The van der Waals surface area contributed by atoms with Crippen LogP contribution in [-0.2, 0) is 0 Å². The maximum absolute atomic E-state index is 6.20. The molecule has 0 unspecified atom stereocenters. The van der Waals surface area contributed by atoms with Crippen molar-refractivity contribution in [3.05, 3.63) is 64.3 Å². The van der Waals surface area contributed by atoms with Crippen molar-refractivity contribution in [3.8, 4) is 0 Å². The number of hydrogen-bond donors (Lipinski definition) is 1. The number of nitrogens with zero attached hydrogens (tertiary/aromatic N) is 1. The highest BCUT2D eigenvalue weighted by molar-refractivity contribution is 6.31. The van der Waals surface area contributed by atoms with Crippen molar-refractivity contribution in [2.24, 2.45) is 0 Å². The van der Waals surface area contributed by atoms with Gasteiger partial charge >= 0.3 is 0 Å². The molecule has 2 nitrogen and oxygen atoms in total. The fourth-order valence-electron chi connectivity index (χ4n) is 2.51. The van der Waals surface area contributed by atoms with Crippen molar-refractivity contribution in [1.82, 2.24) is 4.98 Å². The first-order valence-corrected chi connectivity index (χ1v) is 7.33. The summed E-state index contributed by atoms with van der Waals surface area (Å²) in [6, 6.07) is 14.2. The molecule has 3 rings (SSSR count). The molecule has 0 atom stereocenters. The second-order valence-corrected chi connectivity index (χ2v) is 5.73. The van der Waals surface area contributed by atoms with E-state index in [9.17, 15) is 0 Å².